The van der Waals surface area contributed by atoms with Crippen LogP contribution in [0.15, 0.2) is 42.5 Å². The molecule has 4 amide bonds. The van der Waals surface area contributed by atoms with Crippen LogP contribution < -0.4 is 10.6 Å². The van der Waals surface area contributed by atoms with Gasteiger partial charge in [0.05, 0.1) is 11.3 Å². The quantitative estimate of drug-likeness (QED) is 0.762. The van der Waals surface area contributed by atoms with Crippen molar-refractivity contribution in [2.75, 3.05) is 11.9 Å². The number of anilines is 1. The van der Waals surface area contributed by atoms with Gasteiger partial charge in [0.25, 0.3) is 5.91 Å². The highest BCUT2D eigenvalue weighted by atomic mass is 35.5. The summed E-state index contributed by atoms with van der Waals surface area (Å²) in [6.45, 7) is -0.452. The standard InChI is InChI=1S/C21H17ClN4O3/c22-15-8-7-14(11-23)17(10-15)24-18(27)12-26-19(28)21(25-20(26)29)9-3-5-13-4-1-2-6-16(13)21/h1-2,4,6-8,10H,3,5,9,12H2,(H,24,27)(H,25,29). The molecular weight excluding hydrogens is 392 g/mol. The summed E-state index contributed by atoms with van der Waals surface area (Å²) in [4.78, 5) is 39.2. The second-order valence-corrected chi connectivity index (χ2v) is 7.52. The summed E-state index contributed by atoms with van der Waals surface area (Å²) in [5, 5.41) is 14.9. The Morgan fingerprint density at radius 2 is 2.07 bits per heavy atom. The molecule has 29 heavy (non-hydrogen) atoms. The van der Waals surface area contributed by atoms with E-state index in [0.29, 0.717) is 11.4 Å². The van der Waals surface area contributed by atoms with Crippen molar-refractivity contribution >= 4 is 35.1 Å². The lowest BCUT2D eigenvalue weighted by atomic mass is 9.76. The molecule has 0 aromatic heterocycles. The third-order valence-electron chi connectivity index (χ3n) is 5.33. The molecule has 1 fully saturated rings. The Morgan fingerprint density at radius 3 is 2.86 bits per heavy atom. The molecule has 1 aliphatic heterocycles. The van der Waals surface area contributed by atoms with Crippen LogP contribution >= 0.6 is 11.6 Å². The Morgan fingerprint density at radius 1 is 1.28 bits per heavy atom. The highest BCUT2D eigenvalue weighted by Crippen LogP contribution is 2.39. The highest BCUT2D eigenvalue weighted by Gasteiger charge is 2.54. The number of nitrogens with one attached hydrogen (secondary N) is 2. The van der Waals surface area contributed by atoms with Gasteiger partial charge in [-0.15, -0.1) is 0 Å². The minimum Gasteiger partial charge on any atom is -0.323 e. The zero-order valence-electron chi connectivity index (χ0n) is 15.4. The Balaban J connectivity index is 1.56. The fraction of sp³-hybridized carbons (Fsp3) is 0.238. The van der Waals surface area contributed by atoms with Crippen LogP contribution in [0.3, 0.4) is 0 Å². The number of amides is 4. The number of urea groups is 1. The van der Waals surface area contributed by atoms with E-state index in [-0.39, 0.29) is 11.3 Å². The fourth-order valence-corrected chi connectivity index (χ4v) is 4.18. The van der Waals surface area contributed by atoms with E-state index >= 15 is 0 Å². The number of nitriles is 1. The van der Waals surface area contributed by atoms with E-state index in [2.05, 4.69) is 10.6 Å². The smallest absolute Gasteiger partial charge is 0.323 e. The zero-order chi connectivity index (χ0) is 20.6. The Labute approximate surface area is 172 Å². The molecule has 2 aliphatic rings. The van der Waals surface area contributed by atoms with Gasteiger partial charge in [0.2, 0.25) is 5.91 Å². The number of aryl methyl sites for hydroxylation is 1. The molecule has 7 nitrogen and oxygen atoms in total. The molecule has 1 heterocycles. The van der Waals surface area contributed by atoms with Gasteiger partial charge in [-0.3, -0.25) is 14.5 Å². The largest absolute Gasteiger partial charge is 0.325 e. The number of carbonyl (C=O) groups excluding carboxylic acids is 3. The molecule has 2 aromatic carbocycles. The molecule has 0 radical (unpaired) electrons. The molecule has 1 atom stereocenters. The number of benzene rings is 2. The summed E-state index contributed by atoms with van der Waals surface area (Å²) in [5.41, 5.74) is 1.15. The number of halogens is 1. The summed E-state index contributed by atoms with van der Waals surface area (Å²) in [7, 11) is 0. The summed E-state index contributed by atoms with van der Waals surface area (Å²) >= 11 is 5.93. The summed E-state index contributed by atoms with van der Waals surface area (Å²) < 4.78 is 0. The van der Waals surface area contributed by atoms with Crippen molar-refractivity contribution in [1.82, 2.24) is 10.2 Å². The molecule has 1 aliphatic carbocycles. The third kappa shape index (κ3) is 3.22. The van der Waals surface area contributed by atoms with E-state index in [1.165, 1.54) is 18.2 Å². The van der Waals surface area contributed by atoms with Gasteiger partial charge in [-0.1, -0.05) is 35.9 Å². The Kier molecular flexibility index (Phi) is 4.73. The number of rotatable bonds is 3. The van der Waals surface area contributed by atoms with Gasteiger partial charge in [-0.05, 0) is 48.6 Å². The van der Waals surface area contributed by atoms with Crippen molar-refractivity contribution in [2.45, 2.75) is 24.8 Å². The number of hydrogen-bond acceptors (Lipinski definition) is 4. The van der Waals surface area contributed by atoms with Gasteiger partial charge >= 0.3 is 6.03 Å². The van der Waals surface area contributed by atoms with Crippen molar-refractivity contribution in [2.24, 2.45) is 0 Å². The van der Waals surface area contributed by atoms with E-state index < -0.39 is 29.9 Å². The van der Waals surface area contributed by atoms with Gasteiger partial charge in [0.1, 0.15) is 18.2 Å². The average Bonchev–Trinajstić information content (AvgIpc) is 2.93. The van der Waals surface area contributed by atoms with Crippen LogP contribution in [0.25, 0.3) is 0 Å². The lowest BCUT2D eigenvalue weighted by Crippen LogP contribution is -2.47. The van der Waals surface area contributed by atoms with Crippen LogP contribution in [0.1, 0.15) is 29.5 Å². The maximum Gasteiger partial charge on any atom is 0.325 e. The molecule has 1 unspecified atom stereocenters. The maximum absolute atomic E-state index is 13.2. The molecule has 0 saturated carbocycles. The SMILES string of the molecule is N#Cc1ccc(Cl)cc1NC(=O)CN1C(=O)NC2(CCCc3ccccc32)C1=O. The number of nitrogens with zero attached hydrogens (tertiary/aromatic N) is 2. The molecule has 2 N–H and O–H groups in total. The number of fused-ring (bicyclic) bond motifs is 2. The van der Waals surface area contributed by atoms with Crippen molar-refractivity contribution in [3.8, 4) is 6.07 Å². The molecule has 8 heteroatoms. The second kappa shape index (κ2) is 7.22. The normalized spacial score (nSPS) is 20.2. The van der Waals surface area contributed by atoms with Crippen LogP contribution in [0.2, 0.25) is 5.02 Å². The van der Waals surface area contributed by atoms with Gasteiger partial charge in [0.15, 0.2) is 0 Å². The van der Waals surface area contributed by atoms with Gasteiger partial charge in [-0.25, -0.2) is 4.79 Å². The molecular formula is C21H17ClN4O3. The van der Waals surface area contributed by atoms with Crippen LogP contribution in [0.4, 0.5) is 10.5 Å². The van der Waals surface area contributed by atoms with E-state index in [4.69, 9.17) is 11.6 Å². The predicted octanol–water partition coefficient (Wildman–Crippen LogP) is 2.93. The van der Waals surface area contributed by atoms with Crippen LogP contribution in [-0.4, -0.2) is 29.3 Å². The Bertz CT molecular complexity index is 1080. The van der Waals surface area contributed by atoms with Gasteiger partial charge in [0, 0.05) is 5.02 Å². The van der Waals surface area contributed by atoms with Gasteiger partial charge in [-0.2, -0.15) is 5.26 Å². The van der Waals surface area contributed by atoms with E-state index in [9.17, 15) is 19.6 Å². The number of hydrogen-bond donors (Lipinski definition) is 2. The number of carbonyl (C=O) groups is 3. The van der Waals surface area contributed by atoms with Crippen LogP contribution in [0.5, 0.6) is 0 Å². The monoisotopic (exact) mass is 408 g/mol. The minimum absolute atomic E-state index is 0.231. The second-order valence-electron chi connectivity index (χ2n) is 7.09. The van der Waals surface area contributed by atoms with Crippen molar-refractivity contribution in [1.29, 1.82) is 5.26 Å². The van der Waals surface area contributed by atoms with Crippen LogP contribution in [0, 0.1) is 11.3 Å². The lowest BCUT2D eigenvalue weighted by molar-refractivity contribution is -0.134. The average molecular weight is 409 g/mol. The van der Waals surface area contributed by atoms with E-state index in [0.717, 1.165) is 28.9 Å². The lowest BCUT2D eigenvalue weighted by Gasteiger charge is -2.33. The van der Waals surface area contributed by atoms with Crippen LogP contribution in [-0.2, 0) is 21.5 Å². The first-order valence-electron chi connectivity index (χ1n) is 9.16. The van der Waals surface area contributed by atoms with E-state index in [1.54, 1.807) is 0 Å². The molecule has 2 aromatic rings. The first-order valence-corrected chi connectivity index (χ1v) is 9.54. The first kappa shape index (κ1) is 19.0. The van der Waals surface area contributed by atoms with Crippen molar-refractivity contribution in [3.63, 3.8) is 0 Å². The minimum atomic E-state index is -1.12. The summed E-state index contributed by atoms with van der Waals surface area (Å²) in [6.07, 6.45) is 2.09. The fourth-order valence-electron chi connectivity index (χ4n) is 4.01. The summed E-state index contributed by atoms with van der Waals surface area (Å²) in [5.74, 6) is -1.02. The number of imide groups is 1. The molecule has 146 valence electrons. The molecule has 0 bridgehead atoms. The maximum atomic E-state index is 13.2. The zero-order valence-corrected chi connectivity index (χ0v) is 16.1. The van der Waals surface area contributed by atoms with Gasteiger partial charge < -0.3 is 10.6 Å². The van der Waals surface area contributed by atoms with E-state index in [1.807, 2.05) is 30.3 Å². The van der Waals surface area contributed by atoms with Crippen molar-refractivity contribution < 1.29 is 14.4 Å². The summed E-state index contributed by atoms with van der Waals surface area (Å²) in [6, 6.07) is 13.4. The Hall–Kier alpha value is -3.37. The highest BCUT2D eigenvalue weighted by molar-refractivity contribution is 6.31. The third-order valence-corrected chi connectivity index (χ3v) is 5.56. The predicted molar refractivity (Wildman–Crippen MR) is 106 cm³/mol. The molecule has 4 rings (SSSR count). The topological polar surface area (TPSA) is 102 Å². The molecule has 1 spiro atoms. The molecule has 1 saturated heterocycles. The first-order chi connectivity index (χ1) is 13.9. The van der Waals surface area contributed by atoms with Crippen molar-refractivity contribution in [3.05, 3.63) is 64.2 Å².